The van der Waals surface area contributed by atoms with E-state index in [0.717, 1.165) is 27.6 Å². The number of aromatic nitrogens is 1. The molecule has 0 saturated carbocycles. The maximum Gasteiger partial charge on any atom is 0.135 e. The van der Waals surface area contributed by atoms with E-state index in [1.807, 2.05) is 12.1 Å². The Bertz CT molecular complexity index is 2310. The number of hydrogen-bond donors (Lipinski definition) is 0. The summed E-state index contributed by atoms with van der Waals surface area (Å²) in [5.41, 5.74) is 11.0. The SMILES string of the molecule is CC1(C)c2ccccc2-c2c1ccc1cc3c(cc21)c1ccccc1n3-c1ccc2oc3ccccc3c2c1. The van der Waals surface area contributed by atoms with Crippen LogP contribution in [0.4, 0.5) is 0 Å². The van der Waals surface area contributed by atoms with Gasteiger partial charge in [-0.05, 0) is 75.5 Å². The number of para-hydroxylation sites is 2. The van der Waals surface area contributed by atoms with Crippen molar-refractivity contribution in [2.24, 2.45) is 0 Å². The number of nitrogens with zero attached hydrogens (tertiary/aromatic N) is 1. The molecule has 2 heteroatoms. The minimum absolute atomic E-state index is 0.00808. The highest BCUT2D eigenvalue weighted by Gasteiger charge is 2.36. The number of rotatable bonds is 1. The summed E-state index contributed by atoms with van der Waals surface area (Å²) >= 11 is 0. The Morgan fingerprint density at radius 3 is 2.23 bits per heavy atom. The van der Waals surface area contributed by atoms with Crippen LogP contribution in [0, 0.1) is 0 Å². The zero-order chi connectivity index (χ0) is 25.9. The summed E-state index contributed by atoms with van der Waals surface area (Å²) in [6.07, 6.45) is 0. The van der Waals surface area contributed by atoms with E-state index in [9.17, 15) is 0 Å². The van der Waals surface area contributed by atoms with Gasteiger partial charge in [0.15, 0.2) is 0 Å². The third-order valence-corrected chi connectivity index (χ3v) is 8.97. The van der Waals surface area contributed by atoms with Gasteiger partial charge in [-0.25, -0.2) is 0 Å². The van der Waals surface area contributed by atoms with Crippen LogP contribution in [0.25, 0.3) is 71.3 Å². The van der Waals surface area contributed by atoms with E-state index in [4.69, 9.17) is 4.42 Å². The highest BCUT2D eigenvalue weighted by molar-refractivity contribution is 6.17. The third-order valence-electron chi connectivity index (χ3n) is 8.97. The molecule has 2 heterocycles. The third kappa shape index (κ3) is 2.66. The molecule has 0 N–H and O–H groups in total. The van der Waals surface area contributed by atoms with E-state index >= 15 is 0 Å². The summed E-state index contributed by atoms with van der Waals surface area (Å²) in [6.45, 7) is 4.70. The molecule has 0 atom stereocenters. The smallest absolute Gasteiger partial charge is 0.135 e. The molecule has 8 aromatic rings. The lowest BCUT2D eigenvalue weighted by Gasteiger charge is -2.21. The summed E-state index contributed by atoms with van der Waals surface area (Å²) in [6, 6.07) is 42.0. The molecule has 0 unspecified atom stereocenters. The molecular weight excluding hydrogens is 474 g/mol. The average Bonchev–Trinajstić information content (AvgIpc) is 3.57. The van der Waals surface area contributed by atoms with Crippen LogP contribution in [0.1, 0.15) is 25.0 Å². The van der Waals surface area contributed by atoms with Gasteiger partial charge in [-0.1, -0.05) is 86.6 Å². The fourth-order valence-electron chi connectivity index (χ4n) is 7.12. The summed E-state index contributed by atoms with van der Waals surface area (Å²) in [4.78, 5) is 0. The minimum atomic E-state index is -0.00808. The average molecular weight is 500 g/mol. The second kappa shape index (κ2) is 7.18. The van der Waals surface area contributed by atoms with E-state index in [-0.39, 0.29) is 5.41 Å². The van der Waals surface area contributed by atoms with Gasteiger partial charge in [-0.3, -0.25) is 0 Å². The topological polar surface area (TPSA) is 18.1 Å². The van der Waals surface area contributed by atoms with Gasteiger partial charge in [-0.2, -0.15) is 0 Å². The monoisotopic (exact) mass is 499 g/mol. The van der Waals surface area contributed by atoms with Crippen molar-refractivity contribution in [3.05, 3.63) is 126 Å². The molecule has 2 aromatic heterocycles. The van der Waals surface area contributed by atoms with E-state index in [1.165, 1.54) is 54.8 Å². The van der Waals surface area contributed by atoms with E-state index in [2.05, 4.69) is 122 Å². The predicted octanol–water partition coefficient (Wildman–Crippen LogP) is 10.1. The van der Waals surface area contributed by atoms with Crippen LogP contribution >= 0.6 is 0 Å². The van der Waals surface area contributed by atoms with Gasteiger partial charge in [0.25, 0.3) is 0 Å². The van der Waals surface area contributed by atoms with Gasteiger partial charge < -0.3 is 8.98 Å². The maximum absolute atomic E-state index is 6.14. The first-order valence-electron chi connectivity index (χ1n) is 13.6. The van der Waals surface area contributed by atoms with Crippen molar-refractivity contribution < 1.29 is 4.42 Å². The van der Waals surface area contributed by atoms with Gasteiger partial charge in [-0.15, -0.1) is 0 Å². The Labute approximate surface area is 225 Å². The molecule has 39 heavy (non-hydrogen) atoms. The van der Waals surface area contributed by atoms with Crippen molar-refractivity contribution in [1.82, 2.24) is 4.57 Å². The molecule has 9 rings (SSSR count). The van der Waals surface area contributed by atoms with Crippen molar-refractivity contribution >= 4 is 54.5 Å². The highest BCUT2D eigenvalue weighted by Crippen LogP contribution is 2.52. The first-order valence-corrected chi connectivity index (χ1v) is 13.6. The number of hydrogen-bond acceptors (Lipinski definition) is 1. The van der Waals surface area contributed by atoms with Crippen LogP contribution < -0.4 is 0 Å². The molecule has 2 nitrogen and oxygen atoms in total. The van der Waals surface area contributed by atoms with Crippen molar-refractivity contribution in [3.8, 4) is 16.8 Å². The summed E-state index contributed by atoms with van der Waals surface area (Å²) in [5, 5.41) is 7.45. The molecule has 0 radical (unpaired) electrons. The Hall–Kier alpha value is -4.82. The van der Waals surface area contributed by atoms with Gasteiger partial charge in [0.1, 0.15) is 11.2 Å². The van der Waals surface area contributed by atoms with Crippen LogP contribution in [0.2, 0.25) is 0 Å². The second-order valence-corrected chi connectivity index (χ2v) is 11.4. The largest absolute Gasteiger partial charge is 0.456 e. The van der Waals surface area contributed by atoms with Gasteiger partial charge in [0.2, 0.25) is 0 Å². The highest BCUT2D eigenvalue weighted by atomic mass is 16.3. The summed E-state index contributed by atoms with van der Waals surface area (Å²) in [5.74, 6) is 0. The molecule has 0 bridgehead atoms. The lowest BCUT2D eigenvalue weighted by molar-refractivity contribution is 0.661. The van der Waals surface area contributed by atoms with Crippen LogP contribution in [0.15, 0.2) is 120 Å². The first-order chi connectivity index (χ1) is 19.1. The second-order valence-electron chi connectivity index (χ2n) is 11.4. The fourth-order valence-corrected chi connectivity index (χ4v) is 7.12. The minimum Gasteiger partial charge on any atom is -0.456 e. The molecule has 0 fully saturated rings. The molecule has 0 saturated heterocycles. The normalized spacial score (nSPS) is 14.1. The lowest BCUT2D eigenvalue weighted by Crippen LogP contribution is -2.14. The Morgan fingerprint density at radius 2 is 1.31 bits per heavy atom. The lowest BCUT2D eigenvalue weighted by atomic mass is 9.82. The van der Waals surface area contributed by atoms with Crippen molar-refractivity contribution in [2.75, 3.05) is 0 Å². The molecule has 6 aromatic carbocycles. The molecule has 1 aliphatic rings. The van der Waals surface area contributed by atoms with Crippen molar-refractivity contribution in [3.63, 3.8) is 0 Å². The van der Waals surface area contributed by atoms with E-state index in [0.29, 0.717) is 0 Å². The van der Waals surface area contributed by atoms with Gasteiger partial charge in [0, 0.05) is 32.6 Å². The number of furan rings is 1. The van der Waals surface area contributed by atoms with Crippen LogP contribution in [-0.4, -0.2) is 4.57 Å². The molecule has 0 amide bonds. The van der Waals surface area contributed by atoms with Crippen LogP contribution in [-0.2, 0) is 5.41 Å². The molecule has 184 valence electrons. The Morgan fingerprint density at radius 1 is 0.538 bits per heavy atom. The summed E-state index contributed by atoms with van der Waals surface area (Å²) < 4.78 is 8.55. The predicted molar refractivity (Wildman–Crippen MR) is 163 cm³/mol. The number of fused-ring (bicyclic) bond motifs is 11. The van der Waals surface area contributed by atoms with Gasteiger partial charge in [0.05, 0.1) is 11.0 Å². The summed E-state index contributed by atoms with van der Waals surface area (Å²) in [7, 11) is 0. The van der Waals surface area contributed by atoms with Crippen molar-refractivity contribution in [2.45, 2.75) is 19.3 Å². The Kier molecular flexibility index (Phi) is 3.89. The molecule has 0 aliphatic heterocycles. The quantitative estimate of drug-likeness (QED) is 0.220. The van der Waals surface area contributed by atoms with Crippen LogP contribution in [0.3, 0.4) is 0 Å². The zero-order valence-corrected chi connectivity index (χ0v) is 21.8. The molecular formula is C37H25NO. The zero-order valence-electron chi connectivity index (χ0n) is 21.8. The number of benzene rings is 6. The fraction of sp³-hybridized carbons (Fsp3) is 0.0811. The van der Waals surface area contributed by atoms with Crippen molar-refractivity contribution in [1.29, 1.82) is 0 Å². The van der Waals surface area contributed by atoms with Gasteiger partial charge >= 0.3 is 0 Å². The standard InChI is InChI=1S/C37H25NO/c1-37(2)30-12-6-3-11-26(30)36-27-21-28-24-9-4-7-13-32(24)38(33(28)19-22(27)15-17-31(36)37)23-16-18-35-29(20-23)25-10-5-8-14-34(25)39-35/h3-21H,1-2H3. The molecule has 1 aliphatic carbocycles. The maximum atomic E-state index is 6.14. The molecule has 0 spiro atoms. The first kappa shape index (κ1) is 21.2. The van der Waals surface area contributed by atoms with E-state index < -0.39 is 0 Å². The van der Waals surface area contributed by atoms with Crippen LogP contribution in [0.5, 0.6) is 0 Å². The van der Waals surface area contributed by atoms with E-state index in [1.54, 1.807) is 0 Å². The Balaban J connectivity index is 1.39.